The van der Waals surface area contributed by atoms with Crippen LogP contribution in [0.1, 0.15) is 12.8 Å². The van der Waals surface area contributed by atoms with E-state index in [9.17, 15) is 17.6 Å². The van der Waals surface area contributed by atoms with E-state index in [1.54, 1.807) is 23.1 Å². The molecular weight excluding hydrogens is 367 g/mol. The van der Waals surface area contributed by atoms with Gasteiger partial charge in [-0.2, -0.15) is 4.99 Å². The highest BCUT2D eigenvalue weighted by atomic mass is 32.2. The fourth-order valence-electron chi connectivity index (χ4n) is 3.43. The molecule has 1 aromatic carbocycles. The van der Waals surface area contributed by atoms with Gasteiger partial charge in [-0.3, -0.25) is 4.79 Å². The number of thioether (sulfide) groups is 1. The lowest BCUT2D eigenvalue weighted by Crippen LogP contribution is -2.38. The Labute approximate surface area is 149 Å². The van der Waals surface area contributed by atoms with Gasteiger partial charge in [0.1, 0.15) is 11.9 Å². The molecule has 0 saturated carbocycles. The number of amides is 1. The van der Waals surface area contributed by atoms with Crippen molar-refractivity contribution in [1.29, 1.82) is 0 Å². The summed E-state index contributed by atoms with van der Waals surface area (Å²) < 4.78 is 43.7. The van der Waals surface area contributed by atoms with Crippen molar-refractivity contribution in [2.45, 2.75) is 30.2 Å². The van der Waals surface area contributed by atoms with Gasteiger partial charge in [-0.1, -0.05) is 23.9 Å². The molecule has 3 aliphatic rings. The minimum atomic E-state index is -3.18. The van der Waals surface area contributed by atoms with Gasteiger partial charge < -0.3 is 9.64 Å². The van der Waals surface area contributed by atoms with E-state index in [1.807, 2.05) is 0 Å². The van der Waals surface area contributed by atoms with Crippen LogP contribution in [0, 0.1) is 5.82 Å². The maximum Gasteiger partial charge on any atom is 0.277 e. The fourth-order valence-corrected chi connectivity index (χ4v) is 7.34. The molecule has 134 valence electrons. The zero-order valence-electron chi connectivity index (χ0n) is 13.3. The lowest BCUT2D eigenvalue weighted by molar-refractivity contribution is -0.126. The molecule has 3 saturated heterocycles. The van der Waals surface area contributed by atoms with Crippen molar-refractivity contribution < 1.29 is 22.3 Å². The average Bonchev–Trinajstić information content (AvgIpc) is 3.23. The zero-order chi connectivity index (χ0) is 17.6. The molecule has 3 aliphatic heterocycles. The number of ether oxygens (including phenoxy) is 1. The molecule has 25 heavy (non-hydrogen) atoms. The van der Waals surface area contributed by atoms with Crippen LogP contribution in [-0.4, -0.2) is 55.0 Å². The van der Waals surface area contributed by atoms with Crippen molar-refractivity contribution in [3.05, 3.63) is 30.1 Å². The summed E-state index contributed by atoms with van der Waals surface area (Å²) in [6.07, 6.45) is 0.885. The second-order valence-electron chi connectivity index (χ2n) is 6.36. The van der Waals surface area contributed by atoms with E-state index in [2.05, 4.69) is 4.99 Å². The molecule has 0 aromatic heterocycles. The molecule has 6 nitrogen and oxygen atoms in total. The molecule has 0 unspecified atom stereocenters. The quantitative estimate of drug-likeness (QED) is 0.771. The molecule has 9 heteroatoms. The molecule has 0 spiro atoms. The Kier molecular flexibility index (Phi) is 4.33. The molecule has 0 N–H and O–H groups in total. The maximum atomic E-state index is 14.3. The first kappa shape index (κ1) is 17.0. The topological polar surface area (TPSA) is 76.0 Å². The maximum absolute atomic E-state index is 14.3. The third-order valence-electron chi connectivity index (χ3n) is 4.59. The summed E-state index contributed by atoms with van der Waals surface area (Å²) in [5, 5.41) is 0.108. The molecule has 1 aromatic rings. The Balaban J connectivity index is 1.71. The lowest BCUT2D eigenvalue weighted by atomic mass is 10.2. The number of hydrogen-bond acceptors (Lipinski definition) is 5. The summed E-state index contributed by atoms with van der Waals surface area (Å²) in [4.78, 5) is 18.1. The second-order valence-corrected chi connectivity index (χ2v) is 9.72. The number of para-hydroxylation sites is 1. The number of carbonyl (C=O) groups is 1. The predicted octanol–water partition coefficient (Wildman–Crippen LogP) is 1.61. The van der Waals surface area contributed by atoms with E-state index in [0.29, 0.717) is 18.2 Å². The van der Waals surface area contributed by atoms with Gasteiger partial charge in [0.25, 0.3) is 5.91 Å². The SMILES string of the molecule is O=C(N=C1S[C@H]2CS(=O)(=O)C[C@H]2N1c1ccccc1F)[C@@H]1CCCO1. The number of amidine groups is 1. The van der Waals surface area contributed by atoms with Gasteiger partial charge in [0.15, 0.2) is 15.0 Å². The average molecular weight is 384 g/mol. The summed E-state index contributed by atoms with van der Waals surface area (Å²) in [7, 11) is -3.18. The van der Waals surface area contributed by atoms with Gasteiger partial charge in [-0.05, 0) is 25.0 Å². The van der Waals surface area contributed by atoms with E-state index in [-0.39, 0.29) is 28.4 Å². The number of fused-ring (bicyclic) bond motifs is 1. The number of carbonyl (C=O) groups excluding carboxylic acids is 1. The van der Waals surface area contributed by atoms with Crippen LogP contribution in [0.15, 0.2) is 29.3 Å². The van der Waals surface area contributed by atoms with E-state index >= 15 is 0 Å². The van der Waals surface area contributed by atoms with Gasteiger partial charge in [-0.25, -0.2) is 12.8 Å². The van der Waals surface area contributed by atoms with Crippen molar-refractivity contribution >= 4 is 38.4 Å². The largest absolute Gasteiger partial charge is 0.368 e. The van der Waals surface area contributed by atoms with Gasteiger partial charge in [0, 0.05) is 11.9 Å². The Morgan fingerprint density at radius 3 is 2.84 bits per heavy atom. The Morgan fingerprint density at radius 2 is 2.12 bits per heavy atom. The summed E-state index contributed by atoms with van der Waals surface area (Å²) >= 11 is 1.24. The minimum absolute atomic E-state index is 0.0143. The summed E-state index contributed by atoms with van der Waals surface area (Å²) in [6.45, 7) is 0.537. The van der Waals surface area contributed by atoms with E-state index in [0.717, 1.165) is 6.42 Å². The lowest BCUT2D eigenvalue weighted by Gasteiger charge is -2.25. The van der Waals surface area contributed by atoms with Crippen molar-refractivity contribution in [3.63, 3.8) is 0 Å². The molecule has 3 fully saturated rings. The normalized spacial score (nSPS) is 32.3. The van der Waals surface area contributed by atoms with Crippen LogP contribution < -0.4 is 4.90 Å². The highest BCUT2D eigenvalue weighted by Crippen LogP contribution is 2.41. The Bertz CT molecular complexity index is 836. The van der Waals surface area contributed by atoms with Gasteiger partial charge >= 0.3 is 0 Å². The van der Waals surface area contributed by atoms with Crippen LogP contribution in [-0.2, 0) is 19.4 Å². The number of halogens is 1. The standard InChI is InChI=1S/C16H17FN2O4S2/c17-10-4-1-2-5-11(10)19-12-8-25(21,22)9-14(12)24-16(19)18-15(20)13-6-3-7-23-13/h1-2,4-5,12-14H,3,6-9H2/t12-,13+,14+/m1/s1. The van der Waals surface area contributed by atoms with Crippen LogP contribution in [0.5, 0.6) is 0 Å². The van der Waals surface area contributed by atoms with Crippen LogP contribution >= 0.6 is 11.8 Å². The molecule has 3 atom stereocenters. The van der Waals surface area contributed by atoms with Crippen LogP contribution in [0.25, 0.3) is 0 Å². The monoisotopic (exact) mass is 384 g/mol. The van der Waals surface area contributed by atoms with Gasteiger partial charge in [-0.15, -0.1) is 0 Å². The fraction of sp³-hybridized carbons (Fsp3) is 0.500. The molecule has 0 aliphatic carbocycles. The minimum Gasteiger partial charge on any atom is -0.368 e. The molecular formula is C16H17FN2O4S2. The van der Waals surface area contributed by atoms with Crippen LogP contribution in [0.3, 0.4) is 0 Å². The summed E-state index contributed by atoms with van der Waals surface area (Å²) in [5.74, 6) is -0.901. The molecule has 0 bridgehead atoms. The van der Waals surface area contributed by atoms with E-state index in [4.69, 9.17) is 4.74 Å². The number of hydrogen-bond donors (Lipinski definition) is 0. The smallest absolute Gasteiger partial charge is 0.277 e. The number of sulfone groups is 1. The molecule has 1 amide bonds. The second kappa shape index (κ2) is 6.37. The third-order valence-corrected chi connectivity index (χ3v) is 7.80. The number of rotatable bonds is 2. The highest BCUT2D eigenvalue weighted by molar-refractivity contribution is 8.16. The number of aliphatic imine (C=N–C) groups is 1. The van der Waals surface area contributed by atoms with E-state index in [1.165, 1.54) is 17.8 Å². The first-order valence-electron chi connectivity index (χ1n) is 8.09. The number of anilines is 1. The van der Waals surface area contributed by atoms with Crippen molar-refractivity contribution in [1.82, 2.24) is 0 Å². The van der Waals surface area contributed by atoms with E-state index < -0.39 is 27.8 Å². The Morgan fingerprint density at radius 1 is 1.32 bits per heavy atom. The highest BCUT2D eigenvalue weighted by Gasteiger charge is 2.50. The van der Waals surface area contributed by atoms with Crippen LogP contribution in [0.2, 0.25) is 0 Å². The van der Waals surface area contributed by atoms with Gasteiger partial charge in [0.05, 0.1) is 23.2 Å². The Hall–Kier alpha value is -1.45. The summed E-state index contributed by atoms with van der Waals surface area (Å²) in [6, 6.07) is 5.73. The van der Waals surface area contributed by atoms with Crippen molar-refractivity contribution in [3.8, 4) is 0 Å². The zero-order valence-corrected chi connectivity index (χ0v) is 14.9. The number of nitrogens with zero attached hydrogens (tertiary/aromatic N) is 2. The van der Waals surface area contributed by atoms with Crippen LogP contribution in [0.4, 0.5) is 10.1 Å². The molecule has 4 rings (SSSR count). The molecule has 0 radical (unpaired) electrons. The summed E-state index contributed by atoms with van der Waals surface area (Å²) in [5.41, 5.74) is 0.249. The predicted molar refractivity (Wildman–Crippen MR) is 94.1 cm³/mol. The van der Waals surface area contributed by atoms with Crippen molar-refractivity contribution in [2.75, 3.05) is 23.0 Å². The van der Waals surface area contributed by atoms with Gasteiger partial charge in [0.2, 0.25) is 0 Å². The van der Waals surface area contributed by atoms with Crippen molar-refractivity contribution in [2.24, 2.45) is 4.99 Å². The third kappa shape index (κ3) is 3.20. The molecule has 3 heterocycles. The first-order chi connectivity index (χ1) is 11.9. The first-order valence-corrected chi connectivity index (χ1v) is 10.8. The number of benzene rings is 1.